The quantitative estimate of drug-likeness (QED) is 0.685. The number of urea groups is 1. The van der Waals surface area contributed by atoms with E-state index in [4.69, 9.17) is 5.73 Å². The average Bonchev–Trinajstić information content (AvgIpc) is 2.37. The van der Waals surface area contributed by atoms with E-state index in [0.29, 0.717) is 24.7 Å². The molecule has 20 heavy (non-hydrogen) atoms. The standard InChI is InChI=1S/C12H23N7O/c1-5-8(2)15-12(20)14-7-6-9-16-10(13)18-11(17-9)19(3)4/h8H,5-7H2,1-4H3,(H2,14,15,20)(H2,13,16,17,18)/t8-/m1/s1. The first-order chi connectivity index (χ1) is 9.42. The van der Waals surface area contributed by atoms with E-state index in [2.05, 4.69) is 25.6 Å². The van der Waals surface area contributed by atoms with Gasteiger partial charge in [-0.3, -0.25) is 0 Å². The highest BCUT2D eigenvalue weighted by molar-refractivity contribution is 5.74. The molecule has 0 fully saturated rings. The predicted octanol–water partition coefficient (Wildman–Crippen LogP) is 0.160. The van der Waals surface area contributed by atoms with E-state index in [-0.39, 0.29) is 18.0 Å². The van der Waals surface area contributed by atoms with Crippen molar-refractivity contribution in [2.24, 2.45) is 0 Å². The van der Waals surface area contributed by atoms with Crippen molar-refractivity contribution < 1.29 is 4.79 Å². The van der Waals surface area contributed by atoms with Crippen LogP contribution in [0.2, 0.25) is 0 Å². The van der Waals surface area contributed by atoms with Crippen molar-refractivity contribution in [1.29, 1.82) is 0 Å². The van der Waals surface area contributed by atoms with Crippen molar-refractivity contribution in [3.63, 3.8) is 0 Å². The van der Waals surface area contributed by atoms with Crippen molar-refractivity contribution in [3.8, 4) is 0 Å². The fourth-order valence-corrected chi connectivity index (χ4v) is 1.40. The number of nitrogens with one attached hydrogen (secondary N) is 2. The molecular weight excluding hydrogens is 258 g/mol. The van der Waals surface area contributed by atoms with Crippen LogP contribution in [-0.4, -0.2) is 47.7 Å². The summed E-state index contributed by atoms with van der Waals surface area (Å²) in [5, 5.41) is 5.58. The third-order valence-electron chi connectivity index (χ3n) is 2.71. The minimum Gasteiger partial charge on any atom is -0.368 e. The zero-order valence-electron chi connectivity index (χ0n) is 12.5. The van der Waals surface area contributed by atoms with E-state index >= 15 is 0 Å². The van der Waals surface area contributed by atoms with Crippen LogP contribution >= 0.6 is 0 Å². The molecule has 8 heteroatoms. The Morgan fingerprint density at radius 1 is 1.35 bits per heavy atom. The van der Waals surface area contributed by atoms with Crippen LogP contribution in [0, 0.1) is 0 Å². The zero-order valence-corrected chi connectivity index (χ0v) is 12.5. The van der Waals surface area contributed by atoms with Gasteiger partial charge in [-0.15, -0.1) is 0 Å². The molecule has 0 radical (unpaired) electrons. The van der Waals surface area contributed by atoms with Crippen molar-refractivity contribution in [2.75, 3.05) is 31.3 Å². The van der Waals surface area contributed by atoms with E-state index in [9.17, 15) is 4.79 Å². The van der Waals surface area contributed by atoms with E-state index in [1.54, 1.807) is 4.90 Å². The summed E-state index contributed by atoms with van der Waals surface area (Å²) < 4.78 is 0. The number of nitrogen functional groups attached to an aromatic ring is 1. The van der Waals surface area contributed by atoms with E-state index in [1.807, 2.05) is 27.9 Å². The lowest BCUT2D eigenvalue weighted by Crippen LogP contribution is -2.41. The van der Waals surface area contributed by atoms with Crippen molar-refractivity contribution >= 4 is 17.9 Å². The second-order valence-corrected chi connectivity index (χ2v) is 4.76. The second kappa shape index (κ2) is 7.46. The van der Waals surface area contributed by atoms with Gasteiger partial charge in [0.1, 0.15) is 5.82 Å². The van der Waals surface area contributed by atoms with Gasteiger partial charge in [0.05, 0.1) is 0 Å². The summed E-state index contributed by atoms with van der Waals surface area (Å²) in [5.41, 5.74) is 5.62. The third kappa shape index (κ3) is 5.25. The Hall–Kier alpha value is -2.12. The largest absolute Gasteiger partial charge is 0.368 e. The third-order valence-corrected chi connectivity index (χ3v) is 2.71. The van der Waals surface area contributed by atoms with Crippen LogP contribution in [0.1, 0.15) is 26.1 Å². The molecule has 1 aromatic heterocycles. The summed E-state index contributed by atoms with van der Waals surface area (Å²) in [4.78, 5) is 25.6. The highest BCUT2D eigenvalue weighted by Gasteiger charge is 2.08. The Bertz CT molecular complexity index is 449. The summed E-state index contributed by atoms with van der Waals surface area (Å²) >= 11 is 0. The summed E-state index contributed by atoms with van der Waals surface area (Å²) in [5.74, 6) is 1.25. The Labute approximate surface area is 119 Å². The molecule has 0 unspecified atom stereocenters. The minimum absolute atomic E-state index is 0.156. The zero-order chi connectivity index (χ0) is 15.1. The molecule has 0 aliphatic rings. The number of carbonyl (C=O) groups excluding carboxylic acids is 1. The van der Waals surface area contributed by atoms with E-state index < -0.39 is 0 Å². The van der Waals surface area contributed by atoms with Gasteiger partial charge in [0.15, 0.2) is 0 Å². The first kappa shape index (κ1) is 15.9. The number of nitrogens with two attached hydrogens (primary N) is 1. The smallest absolute Gasteiger partial charge is 0.315 e. The molecule has 4 N–H and O–H groups in total. The predicted molar refractivity (Wildman–Crippen MR) is 78.6 cm³/mol. The van der Waals surface area contributed by atoms with Crippen LogP contribution in [0.5, 0.6) is 0 Å². The average molecular weight is 281 g/mol. The molecule has 0 aliphatic carbocycles. The first-order valence-electron chi connectivity index (χ1n) is 6.64. The minimum atomic E-state index is -0.186. The molecule has 0 aliphatic heterocycles. The number of carbonyl (C=O) groups is 1. The molecule has 0 aromatic carbocycles. The lowest BCUT2D eigenvalue weighted by atomic mass is 10.3. The Morgan fingerprint density at radius 3 is 2.65 bits per heavy atom. The molecule has 1 atom stereocenters. The molecule has 112 valence electrons. The summed E-state index contributed by atoms with van der Waals surface area (Å²) in [7, 11) is 3.66. The molecule has 0 bridgehead atoms. The number of anilines is 2. The van der Waals surface area contributed by atoms with Crippen LogP contribution in [0.4, 0.5) is 16.7 Å². The van der Waals surface area contributed by atoms with Gasteiger partial charge >= 0.3 is 6.03 Å². The molecule has 1 rings (SSSR count). The van der Waals surface area contributed by atoms with Gasteiger partial charge in [0, 0.05) is 33.1 Å². The number of nitrogens with zero attached hydrogens (tertiary/aromatic N) is 4. The topological polar surface area (TPSA) is 109 Å². The molecule has 0 spiro atoms. The molecule has 0 saturated carbocycles. The highest BCUT2D eigenvalue weighted by Crippen LogP contribution is 2.05. The normalized spacial score (nSPS) is 11.8. The van der Waals surface area contributed by atoms with Crippen molar-refractivity contribution in [2.45, 2.75) is 32.7 Å². The lowest BCUT2D eigenvalue weighted by molar-refractivity contribution is 0.237. The highest BCUT2D eigenvalue weighted by atomic mass is 16.2. The van der Waals surface area contributed by atoms with Gasteiger partial charge in [0.2, 0.25) is 11.9 Å². The molecule has 1 heterocycles. The Morgan fingerprint density at radius 2 is 2.05 bits per heavy atom. The van der Waals surface area contributed by atoms with Gasteiger partial charge in [-0.05, 0) is 13.3 Å². The molecular formula is C12H23N7O. The maximum atomic E-state index is 11.5. The first-order valence-corrected chi connectivity index (χ1v) is 6.64. The molecule has 2 amide bonds. The van der Waals surface area contributed by atoms with Gasteiger partial charge in [-0.1, -0.05) is 6.92 Å². The van der Waals surface area contributed by atoms with Crippen LogP contribution < -0.4 is 21.3 Å². The van der Waals surface area contributed by atoms with Gasteiger partial charge in [0.25, 0.3) is 0 Å². The maximum absolute atomic E-state index is 11.5. The van der Waals surface area contributed by atoms with Crippen molar-refractivity contribution in [1.82, 2.24) is 25.6 Å². The van der Waals surface area contributed by atoms with Crippen LogP contribution in [0.25, 0.3) is 0 Å². The number of hydrogen-bond donors (Lipinski definition) is 3. The van der Waals surface area contributed by atoms with Gasteiger partial charge in [-0.2, -0.15) is 15.0 Å². The SMILES string of the molecule is CC[C@@H](C)NC(=O)NCCc1nc(N)nc(N(C)C)n1. The fourth-order valence-electron chi connectivity index (χ4n) is 1.40. The fraction of sp³-hybridized carbons (Fsp3) is 0.667. The second-order valence-electron chi connectivity index (χ2n) is 4.76. The molecule has 8 nitrogen and oxygen atoms in total. The van der Waals surface area contributed by atoms with Gasteiger partial charge in [-0.25, -0.2) is 4.79 Å². The van der Waals surface area contributed by atoms with E-state index in [1.165, 1.54) is 0 Å². The van der Waals surface area contributed by atoms with Crippen LogP contribution in [0.15, 0.2) is 0 Å². The molecule has 1 aromatic rings. The summed E-state index contributed by atoms with van der Waals surface area (Å²) in [6, 6.07) is -0.0302. The maximum Gasteiger partial charge on any atom is 0.315 e. The number of amides is 2. The van der Waals surface area contributed by atoms with E-state index in [0.717, 1.165) is 6.42 Å². The van der Waals surface area contributed by atoms with Crippen LogP contribution in [-0.2, 0) is 6.42 Å². The Kier molecular flexibility index (Phi) is 5.95. The molecule has 0 saturated heterocycles. The monoisotopic (exact) mass is 281 g/mol. The van der Waals surface area contributed by atoms with Gasteiger partial charge < -0.3 is 21.3 Å². The number of hydrogen-bond acceptors (Lipinski definition) is 6. The van der Waals surface area contributed by atoms with Crippen LogP contribution in [0.3, 0.4) is 0 Å². The lowest BCUT2D eigenvalue weighted by Gasteiger charge is -2.13. The summed E-state index contributed by atoms with van der Waals surface area (Å²) in [6.45, 7) is 4.41. The summed E-state index contributed by atoms with van der Waals surface area (Å²) in [6.07, 6.45) is 1.39. The number of aromatic nitrogens is 3. The number of rotatable bonds is 6. The van der Waals surface area contributed by atoms with Crippen molar-refractivity contribution in [3.05, 3.63) is 5.82 Å². The Balaban J connectivity index is 2.48.